The van der Waals surface area contributed by atoms with Gasteiger partial charge in [-0.15, -0.1) is 0 Å². The van der Waals surface area contributed by atoms with Crippen molar-refractivity contribution in [2.75, 3.05) is 18.5 Å². The van der Waals surface area contributed by atoms with E-state index < -0.39 is 5.60 Å². The van der Waals surface area contributed by atoms with E-state index in [1.165, 1.54) is 0 Å². The van der Waals surface area contributed by atoms with Gasteiger partial charge in [0.15, 0.2) is 0 Å². The average Bonchev–Trinajstić information content (AvgIpc) is 2.42. The van der Waals surface area contributed by atoms with E-state index in [0.29, 0.717) is 19.6 Å². The summed E-state index contributed by atoms with van der Waals surface area (Å²) in [5.74, 6) is 0.721. The Balaban J connectivity index is 2.82. The van der Waals surface area contributed by atoms with E-state index in [0.717, 1.165) is 17.0 Å². The predicted octanol–water partition coefficient (Wildman–Crippen LogP) is 3.54. The first-order valence-corrected chi connectivity index (χ1v) is 7.15. The molecule has 4 nitrogen and oxygen atoms in total. The van der Waals surface area contributed by atoms with Gasteiger partial charge in [0, 0.05) is 12.3 Å². The van der Waals surface area contributed by atoms with Crippen molar-refractivity contribution in [3.05, 3.63) is 23.8 Å². The van der Waals surface area contributed by atoms with Crippen LogP contribution in [-0.4, -0.2) is 24.7 Å². The number of aryl methyl sites for hydroxylation is 1. The van der Waals surface area contributed by atoms with Crippen molar-refractivity contribution < 1.29 is 14.3 Å². The van der Waals surface area contributed by atoms with E-state index in [1.54, 1.807) is 0 Å². The smallest absolute Gasteiger partial charge is 0.256 e. The van der Waals surface area contributed by atoms with Crippen molar-refractivity contribution in [2.24, 2.45) is 0 Å². The van der Waals surface area contributed by atoms with Crippen molar-refractivity contribution >= 4 is 11.6 Å². The van der Waals surface area contributed by atoms with Crippen LogP contribution in [0.2, 0.25) is 0 Å². The molecule has 1 rings (SSSR count). The van der Waals surface area contributed by atoms with Crippen LogP contribution in [0.4, 0.5) is 5.69 Å². The minimum absolute atomic E-state index is 0.120. The first kappa shape index (κ1) is 16.5. The lowest BCUT2D eigenvalue weighted by molar-refractivity contribution is -0.139. The highest BCUT2D eigenvalue weighted by atomic mass is 16.5. The molecule has 1 amide bonds. The Morgan fingerprint density at radius 2 is 1.95 bits per heavy atom. The zero-order chi connectivity index (χ0) is 15.2. The van der Waals surface area contributed by atoms with Gasteiger partial charge in [-0.3, -0.25) is 4.79 Å². The maximum absolute atomic E-state index is 12.3. The number of benzene rings is 1. The number of hydrogen-bond acceptors (Lipinski definition) is 3. The summed E-state index contributed by atoms with van der Waals surface area (Å²) in [4.78, 5) is 12.3. The summed E-state index contributed by atoms with van der Waals surface area (Å²) in [6.45, 7) is 10.7. The first-order valence-electron chi connectivity index (χ1n) is 7.15. The van der Waals surface area contributed by atoms with E-state index in [-0.39, 0.29) is 5.91 Å². The maximum Gasteiger partial charge on any atom is 0.256 e. The number of ether oxygens (including phenoxy) is 2. The molecule has 20 heavy (non-hydrogen) atoms. The molecule has 0 spiro atoms. The number of carbonyl (C=O) groups is 1. The fraction of sp³-hybridized carbons (Fsp3) is 0.562. The summed E-state index contributed by atoms with van der Waals surface area (Å²) in [7, 11) is 0. The molecule has 0 unspecified atom stereocenters. The van der Waals surface area contributed by atoms with Crippen molar-refractivity contribution in [2.45, 2.75) is 46.6 Å². The summed E-state index contributed by atoms with van der Waals surface area (Å²) >= 11 is 0. The van der Waals surface area contributed by atoms with Gasteiger partial charge in [0.2, 0.25) is 0 Å². The lowest BCUT2D eigenvalue weighted by Crippen LogP contribution is -2.42. The van der Waals surface area contributed by atoms with Gasteiger partial charge < -0.3 is 14.8 Å². The quantitative estimate of drug-likeness (QED) is 0.830. The second kappa shape index (κ2) is 7.29. The SMILES string of the molecule is CCOc1ccc(NC(=O)[C@](C)(CC)OCC)cc1C. The van der Waals surface area contributed by atoms with Crippen molar-refractivity contribution in [3.63, 3.8) is 0 Å². The van der Waals surface area contributed by atoms with Gasteiger partial charge in [-0.25, -0.2) is 0 Å². The van der Waals surface area contributed by atoms with Gasteiger partial charge >= 0.3 is 0 Å². The minimum Gasteiger partial charge on any atom is -0.494 e. The summed E-state index contributed by atoms with van der Waals surface area (Å²) < 4.78 is 11.1. The number of amides is 1. The van der Waals surface area contributed by atoms with E-state index in [1.807, 2.05) is 52.8 Å². The van der Waals surface area contributed by atoms with Gasteiger partial charge in [-0.2, -0.15) is 0 Å². The Kier molecular flexibility index (Phi) is 6.02. The van der Waals surface area contributed by atoms with Gasteiger partial charge in [0.1, 0.15) is 11.4 Å². The topological polar surface area (TPSA) is 47.6 Å². The molecule has 0 saturated heterocycles. The summed E-state index contributed by atoms with van der Waals surface area (Å²) in [6, 6.07) is 5.63. The number of anilines is 1. The normalized spacial score (nSPS) is 13.7. The first-order chi connectivity index (χ1) is 9.46. The Hall–Kier alpha value is -1.55. The number of carbonyl (C=O) groups excluding carboxylic acids is 1. The van der Waals surface area contributed by atoms with E-state index in [9.17, 15) is 4.79 Å². The molecule has 1 aromatic carbocycles. The highest BCUT2D eigenvalue weighted by molar-refractivity contribution is 5.97. The fourth-order valence-electron chi connectivity index (χ4n) is 1.95. The number of nitrogens with one attached hydrogen (secondary N) is 1. The Labute approximate surface area is 121 Å². The third-order valence-corrected chi connectivity index (χ3v) is 3.35. The standard InChI is InChI=1S/C16H25NO3/c1-6-16(5,20-8-3)15(18)17-13-9-10-14(19-7-2)12(4)11-13/h9-11H,6-8H2,1-5H3,(H,17,18)/t16-/m0/s1. The molecule has 0 radical (unpaired) electrons. The Morgan fingerprint density at radius 1 is 1.25 bits per heavy atom. The van der Waals surface area contributed by atoms with Crippen LogP contribution in [0.25, 0.3) is 0 Å². The van der Waals surface area contributed by atoms with Crippen molar-refractivity contribution in [1.82, 2.24) is 0 Å². The van der Waals surface area contributed by atoms with Crippen LogP contribution in [0.15, 0.2) is 18.2 Å². The summed E-state index contributed by atoms with van der Waals surface area (Å²) in [6.07, 6.45) is 0.628. The molecular weight excluding hydrogens is 254 g/mol. The van der Waals surface area contributed by atoms with Gasteiger partial charge in [0.25, 0.3) is 5.91 Å². The molecule has 0 fully saturated rings. The maximum atomic E-state index is 12.3. The molecule has 0 aliphatic carbocycles. The van der Waals surface area contributed by atoms with Crippen LogP contribution in [0.5, 0.6) is 5.75 Å². The number of rotatable bonds is 7. The van der Waals surface area contributed by atoms with Crippen LogP contribution in [-0.2, 0) is 9.53 Å². The van der Waals surface area contributed by atoms with Crippen LogP contribution < -0.4 is 10.1 Å². The lowest BCUT2D eigenvalue weighted by atomic mass is 10.0. The Bertz CT molecular complexity index is 459. The molecule has 0 saturated carbocycles. The van der Waals surface area contributed by atoms with Gasteiger partial charge in [-0.05, 0) is 57.9 Å². The van der Waals surface area contributed by atoms with Crippen LogP contribution >= 0.6 is 0 Å². The molecule has 4 heteroatoms. The van der Waals surface area contributed by atoms with Crippen molar-refractivity contribution in [1.29, 1.82) is 0 Å². The second-order valence-corrected chi connectivity index (χ2v) is 4.88. The summed E-state index contributed by atoms with van der Waals surface area (Å²) in [5.41, 5.74) is 0.968. The number of hydrogen-bond donors (Lipinski definition) is 1. The molecule has 0 aromatic heterocycles. The zero-order valence-electron chi connectivity index (χ0n) is 13.1. The van der Waals surface area contributed by atoms with Crippen LogP contribution in [0.3, 0.4) is 0 Å². The second-order valence-electron chi connectivity index (χ2n) is 4.88. The van der Waals surface area contributed by atoms with E-state index >= 15 is 0 Å². The molecule has 0 aliphatic rings. The Morgan fingerprint density at radius 3 is 2.45 bits per heavy atom. The average molecular weight is 279 g/mol. The van der Waals surface area contributed by atoms with Crippen LogP contribution in [0.1, 0.15) is 39.7 Å². The van der Waals surface area contributed by atoms with E-state index in [2.05, 4.69) is 5.32 Å². The lowest BCUT2D eigenvalue weighted by Gasteiger charge is -2.26. The van der Waals surface area contributed by atoms with Crippen molar-refractivity contribution in [3.8, 4) is 5.75 Å². The van der Waals surface area contributed by atoms with E-state index in [4.69, 9.17) is 9.47 Å². The van der Waals surface area contributed by atoms with Crippen LogP contribution in [0, 0.1) is 6.92 Å². The molecule has 1 N–H and O–H groups in total. The molecule has 0 bridgehead atoms. The third-order valence-electron chi connectivity index (χ3n) is 3.35. The molecule has 112 valence electrons. The molecule has 0 heterocycles. The third kappa shape index (κ3) is 3.97. The molecule has 1 atom stereocenters. The zero-order valence-corrected chi connectivity index (χ0v) is 13.1. The highest BCUT2D eigenvalue weighted by Gasteiger charge is 2.31. The minimum atomic E-state index is -0.790. The highest BCUT2D eigenvalue weighted by Crippen LogP contribution is 2.24. The molecule has 1 aromatic rings. The summed E-state index contributed by atoms with van der Waals surface area (Å²) in [5, 5.41) is 2.91. The monoisotopic (exact) mass is 279 g/mol. The largest absolute Gasteiger partial charge is 0.494 e. The predicted molar refractivity (Wildman–Crippen MR) is 81.3 cm³/mol. The van der Waals surface area contributed by atoms with Gasteiger partial charge in [0.05, 0.1) is 6.61 Å². The molecular formula is C16H25NO3. The van der Waals surface area contributed by atoms with Gasteiger partial charge in [-0.1, -0.05) is 6.92 Å². The fourth-order valence-corrected chi connectivity index (χ4v) is 1.95. The molecule has 0 aliphatic heterocycles.